The van der Waals surface area contributed by atoms with E-state index in [1.54, 1.807) is 23.1 Å². The third-order valence-electron chi connectivity index (χ3n) is 1.46. The number of rotatable bonds is 5. The summed E-state index contributed by atoms with van der Waals surface area (Å²) in [7, 11) is -2.80. The molecular weight excluding hydrogens is 304 g/mol. The smallest absolute Gasteiger partial charge is 0.148 e. The predicted molar refractivity (Wildman–Crippen MR) is 67.9 cm³/mol. The van der Waals surface area contributed by atoms with Gasteiger partial charge in [0.25, 0.3) is 0 Å². The minimum absolute atomic E-state index is 0.268. The van der Waals surface area contributed by atoms with E-state index in [0.29, 0.717) is 5.75 Å². The number of thioether (sulfide) groups is 1. The van der Waals surface area contributed by atoms with Crippen molar-refractivity contribution in [1.29, 1.82) is 0 Å². The standard InChI is InChI=1S/C8H11BrO2S3/c1-14(10,11)3-2-12-6-8-4-7(9)5-13-8/h4-5H,2-3,6H2,1H3. The fourth-order valence-electron chi connectivity index (χ4n) is 0.813. The number of sulfone groups is 1. The second-order valence-electron chi connectivity index (χ2n) is 2.91. The Balaban J connectivity index is 2.23. The van der Waals surface area contributed by atoms with Crippen molar-refractivity contribution in [3.63, 3.8) is 0 Å². The molecule has 0 fully saturated rings. The Kier molecular flexibility index (Phi) is 4.96. The van der Waals surface area contributed by atoms with Gasteiger partial charge in [0.05, 0.1) is 5.75 Å². The lowest BCUT2D eigenvalue weighted by molar-refractivity contribution is 0.603. The van der Waals surface area contributed by atoms with Crippen molar-refractivity contribution in [2.24, 2.45) is 0 Å². The van der Waals surface area contributed by atoms with Crippen LogP contribution < -0.4 is 0 Å². The lowest BCUT2D eigenvalue weighted by atomic mass is 10.5. The maximum atomic E-state index is 10.8. The Morgan fingerprint density at radius 1 is 1.57 bits per heavy atom. The average Bonchev–Trinajstić information content (AvgIpc) is 2.44. The van der Waals surface area contributed by atoms with Crippen molar-refractivity contribution in [2.45, 2.75) is 5.75 Å². The predicted octanol–water partition coefficient (Wildman–Crippen LogP) is 2.79. The molecule has 1 heterocycles. The molecule has 0 aliphatic rings. The molecule has 1 aromatic heterocycles. The van der Waals surface area contributed by atoms with E-state index in [9.17, 15) is 8.42 Å². The summed E-state index contributed by atoms with van der Waals surface area (Å²) >= 11 is 6.73. The molecule has 0 aliphatic heterocycles. The molecule has 0 saturated heterocycles. The fourth-order valence-corrected chi connectivity index (χ4v) is 4.68. The zero-order valence-corrected chi connectivity index (χ0v) is 11.7. The van der Waals surface area contributed by atoms with Gasteiger partial charge in [-0.05, 0) is 22.0 Å². The first-order chi connectivity index (χ1) is 6.47. The molecule has 1 rings (SSSR count). The highest BCUT2D eigenvalue weighted by atomic mass is 79.9. The van der Waals surface area contributed by atoms with Crippen LogP contribution in [0.3, 0.4) is 0 Å². The molecule has 0 spiro atoms. The molecule has 2 nitrogen and oxygen atoms in total. The number of hydrogen-bond donors (Lipinski definition) is 0. The molecule has 0 atom stereocenters. The molecule has 0 N–H and O–H groups in total. The van der Waals surface area contributed by atoms with Crippen molar-refractivity contribution in [1.82, 2.24) is 0 Å². The van der Waals surface area contributed by atoms with Gasteiger partial charge in [0.15, 0.2) is 0 Å². The second kappa shape index (κ2) is 5.53. The van der Waals surface area contributed by atoms with Crippen LogP contribution in [-0.4, -0.2) is 26.2 Å². The normalized spacial score (nSPS) is 11.9. The Hall–Kier alpha value is 0.480. The van der Waals surface area contributed by atoms with Gasteiger partial charge in [-0.2, -0.15) is 11.8 Å². The zero-order chi connectivity index (χ0) is 10.6. The monoisotopic (exact) mass is 314 g/mol. The van der Waals surface area contributed by atoms with Gasteiger partial charge < -0.3 is 0 Å². The van der Waals surface area contributed by atoms with Crippen LogP contribution >= 0.6 is 39.0 Å². The zero-order valence-electron chi connectivity index (χ0n) is 7.70. The summed E-state index contributed by atoms with van der Waals surface area (Å²) in [5, 5.41) is 2.03. The molecule has 0 amide bonds. The highest BCUT2D eigenvalue weighted by Gasteiger charge is 2.02. The van der Waals surface area contributed by atoms with Gasteiger partial charge >= 0.3 is 0 Å². The van der Waals surface area contributed by atoms with Crippen molar-refractivity contribution in [3.8, 4) is 0 Å². The van der Waals surface area contributed by atoms with Gasteiger partial charge in [0, 0.05) is 32.5 Å². The number of hydrogen-bond acceptors (Lipinski definition) is 4. The summed E-state index contributed by atoms with van der Waals surface area (Å²) in [5.41, 5.74) is 0. The number of halogens is 1. The highest BCUT2D eigenvalue weighted by Crippen LogP contribution is 2.23. The quantitative estimate of drug-likeness (QED) is 0.784. The Bertz CT molecular complexity index is 383. The lowest BCUT2D eigenvalue weighted by Gasteiger charge is -1.97. The SMILES string of the molecule is CS(=O)(=O)CCSCc1cc(Br)cs1. The van der Waals surface area contributed by atoms with E-state index < -0.39 is 9.84 Å². The molecule has 0 saturated carbocycles. The van der Waals surface area contributed by atoms with Gasteiger partial charge in [-0.3, -0.25) is 0 Å². The van der Waals surface area contributed by atoms with Crippen LogP contribution in [-0.2, 0) is 15.6 Å². The van der Waals surface area contributed by atoms with Gasteiger partial charge in [0.1, 0.15) is 9.84 Å². The van der Waals surface area contributed by atoms with Gasteiger partial charge in [0.2, 0.25) is 0 Å². The third-order valence-corrected chi connectivity index (χ3v) is 5.56. The topological polar surface area (TPSA) is 34.1 Å². The van der Waals surface area contributed by atoms with E-state index in [1.165, 1.54) is 11.1 Å². The Morgan fingerprint density at radius 2 is 2.29 bits per heavy atom. The molecule has 80 valence electrons. The first kappa shape index (κ1) is 12.5. The Labute approximate surface area is 101 Å². The molecule has 0 aliphatic carbocycles. The van der Waals surface area contributed by atoms with Gasteiger partial charge in [-0.25, -0.2) is 8.42 Å². The molecule has 0 bridgehead atoms. The summed E-state index contributed by atoms with van der Waals surface area (Å²) in [6, 6.07) is 2.07. The minimum Gasteiger partial charge on any atom is -0.229 e. The van der Waals surface area contributed by atoms with E-state index in [-0.39, 0.29) is 5.75 Å². The summed E-state index contributed by atoms with van der Waals surface area (Å²) in [5.74, 6) is 1.84. The van der Waals surface area contributed by atoms with E-state index >= 15 is 0 Å². The fraction of sp³-hybridized carbons (Fsp3) is 0.500. The summed E-state index contributed by atoms with van der Waals surface area (Å²) in [4.78, 5) is 1.27. The summed E-state index contributed by atoms with van der Waals surface area (Å²) < 4.78 is 22.8. The molecule has 0 radical (unpaired) electrons. The molecule has 6 heteroatoms. The van der Waals surface area contributed by atoms with Crippen molar-refractivity contribution >= 4 is 48.9 Å². The largest absolute Gasteiger partial charge is 0.229 e. The van der Waals surface area contributed by atoms with Crippen LogP contribution in [0.15, 0.2) is 15.9 Å². The van der Waals surface area contributed by atoms with Crippen molar-refractivity contribution in [2.75, 3.05) is 17.8 Å². The molecule has 0 aromatic carbocycles. The van der Waals surface area contributed by atoms with E-state index in [1.807, 2.05) is 5.38 Å². The maximum absolute atomic E-state index is 10.8. The van der Waals surface area contributed by atoms with E-state index in [2.05, 4.69) is 22.0 Å². The van der Waals surface area contributed by atoms with Crippen molar-refractivity contribution in [3.05, 3.63) is 20.8 Å². The van der Waals surface area contributed by atoms with Crippen LogP contribution in [0.4, 0.5) is 0 Å². The van der Waals surface area contributed by atoms with Crippen LogP contribution in [0, 0.1) is 0 Å². The van der Waals surface area contributed by atoms with Crippen LogP contribution in [0.5, 0.6) is 0 Å². The maximum Gasteiger partial charge on any atom is 0.148 e. The number of thiophene rings is 1. The van der Waals surface area contributed by atoms with Gasteiger partial charge in [-0.1, -0.05) is 0 Å². The van der Waals surface area contributed by atoms with E-state index in [4.69, 9.17) is 0 Å². The first-order valence-corrected chi connectivity index (χ1v) is 8.84. The van der Waals surface area contributed by atoms with Crippen LogP contribution in [0.25, 0.3) is 0 Å². The van der Waals surface area contributed by atoms with Gasteiger partial charge in [-0.15, -0.1) is 11.3 Å². The summed E-state index contributed by atoms with van der Waals surface area (Å²) in [6.07, 6.45) is 1.27. The lowest BCUT2D eigenvalue weighted by Crippen LogP contribution is -2.04. The molecular formula is C8H11BrO2S3. The Morgan fingerprint density at radius 3 is 2.79 bits per heavy atom. The van der Waals surface area contributed by atoms with Crippen LogP contribution in [0.1, 0.15) is 4.88 Å². The van der Waals surface area contributed by atoms with Crippen LogP contribution in [0.2, 0.25) is 0 Å². The highest BCUT2D eigenvalue weighted by molar-refractivity contribution is 9.10. The second-order valence-corrected chi connectivity index (χ2v) is 8.19. The van der Waals surface area contributed by atoms with E-state index in [0.717, 1.165) is 10.2 Å². The average molecular weight is 315 g/mol. The molecule has 0 unspecified atom stereocenters. The first-order valence-electron chi connectivity index (χ1n) is 3.96. The molecule has 1 aromatic rings. The molecule has 14 heavy (non-hydrogen) atoms. The van der Waals surface area contributed by atoms with Crippen molar-refractivity contribution < 1.29 is 8.42 Å². The minimum atomic E-state index is -2.80. The summed E-state index contributed by atoms with van der Waals surface area (Å²) in [6.45, 7) is 0. The third kappa shape index (κ3) is 5.38.